The lowest BCUT2D eigenvalue weighted by atomic mass is 9.86. The Morgan fingerprint density at radius 1 is 0.911 bits per heavy atom. The summed E-state index contributed by atoms with van der Waals surface area (Å²) in [5.41, 5.74) is -1.19. The average Bonchev–Trinajstić information content (AvgIpc) is 3.36. The number of rotatable bonds is 5. The van der Waals surface area contributed by atoms with Crippen molar-refractivity contribution < 1.29 is 43.2 Å². The fourth-order valence-electron chi connectivity index (χ4n) is 3.72. The monoisotopic (exact) mass is 625 g/mol. The molecule has 45 heavy (non-hydrogen) atoms. The molecular weight excluding hydrogens is 585 g/mol. The minimum Gasteiger partial charge on any atom is -0.443 e. The summed E-state index contributed by atoms with van der Waals surface area (Å²) in [4.78, 5) is 49.2. The molecule has 3 amide bonds. The zero-order chi connectivity index (χ0) is 33.9. The Kier molecular flexibility index (Phi) is 10.3. The first-order valence-electron chi connectivity index (χ1n) is 14.1. The van der Waals surface area contributed by atoms with Crippen LogP contribution in [0.2, 0.25) is 0 Å². The number of hydrogen-bond donors (Lipinski definition) is 2. The Labute approximate surface area is 262 Å². The maximum absolute atomic E-state index is 13.3. The lowest BCUT2D eigenvalue weighted by Crippen LogP contribution is -2.45. The summed E-state index contributed by atoms with van der Waals surface area (Å²) in [5.74, 6) is -0.374. The molecule has 0 fully saturated rings. The van der Waals surface area contributed by atoms with E-state index in [0.29, 0.717) is 22.6 Å². The number of anilines is 1. The number of hydrogen-bond acceptors (Lipinski definition) is 12. The molecule has 1 aliphatic rings. The number of carbonyl (C=O) groups is 3. The minimum atomic E-state index is -2.02. The van der Waals surface area contributed by atoms with Crippen LogP contribution in [0.25, 0.3) is 17.0 Å². The molecule has 14 nitrogen and oxygen atoms in total. The van der Waals surface area contributed by atoms with Crippen LogP contribution in [-0.2, 0) is 14.2 Å². The van der Waals surface area contributed by atoms with E-state index in [0.717, 1.165) is 11.8 Å². The highest BCUT2D eigenvalue weighted by Crippen LogP contribution is 2.32. The Hall–Kier alpha value is -4.50. The van der Waals surface area contributed by atoms with Crippen molar-refractivity contribution in [3.63, 3.8) is 0 Å². The molecule has 0 aliphatic heterocycles. The number of nitrogens with zero attached hydrogens (tertiary/aromatic N) is 5. The first kappa shape index (κ1) is 35.0. The second kappa shape index (κ2) is 13.2. The van der Waals surface area contributed by atoms with Crippen molar-refractivity contribution in [2.45, 2.75) is 85.5 Å². The van der Waals surface area contributed by atoms with Gasteiger partial charge in [0.05, 0.1) is 5.59 Å². The third-order valence-corrected chi connectivity index (χ3v) is 5.52. The van der Waals surface area contributed by atoms with E-state index in [1.165, 1.54) is 11.0 Å². The number of ether oxygens (including phenoxy) is 3. The van der Waals surface area contributed by atoms with Crippen molar-refractivity contribution in [1.82, 2.24) is 20.0 Å². The maximum atomic E-state index is 13.3. The van der Waals surface area contributed by atoms with E-state index in [2.05, 4.69) is 15.1 Å². The van der Waals surface area contributed by atoms with Crippen LogP contribution < -0.4 is 10.5 Å². The molecule has 0 saturated heterocycles. The molecule has 0 unspecified atom stereocenters. The van der Waals surface area contributed by atoms with Crippen molar-refractivity contribution >= 4 is 42.4 Å². The highest BCUT2D eigenvalue weighted by molar-refractivity contribution is 6.57. The Bertz CT molecular complexity index is 1500. The summed E-state index contributed by atoms with van der Waals surface area (Å²) in [6, 6.07) is 1.50. The number of carbonyl (C=O) groups excluding carboxylic acids is 3. The molecule has 15 heteroatoms. The standard InChI is InChI=1S/C30H40BN5O9/c1-28(2,3)42-25(37)35(10)17-18-11-13-19(14-12-18)20-15-21(45-34-20)23-24(32-16-22(33-23)31(40)41)36(26(38)43-29(4,5)6)27(39)44-30(7,8)9/h11,13-17,40-41H,12H2,1-10H3. The average molecular weight is 625 g/mol. The molecule has 2 heterocycles. The maximum Gasteiger partial charge on any atom is 0.509 e. The summed E-state index contributed by atoms with van der Waals surface area (Å²) >= 11 is 0. The highest BCUT2D eigenvalue weighted by Gasteiger charge is 2.37. The third-order valence-electron chi connectivity index (χ3n) is 5.52. The summed E-state index contributed by atoms with van der Waals surface area (Å²) in [6.07, 6.45) is 5.89. The molecule has 2 aromatic heterocycles. The van der Waals surface area contributed by atoms with Crippen molar-refractivity contribution in [3.05, 3.63) is 48.0 Å². The quantitative estimate of drug-likeness (QED) is 0.350. The van der Waals surface area contributed by atoms with Crippen LogP contribution in [0.15, 0.2) is 46.8 Å². The van der Waals surface area contributed by atoms with E-state index in [9.17, 15) is 24.4 Å². The van der Waals surface area contributed by atoms with Gasteiger partial charge in [0.1, 0.15) is 22.5 Å². The van der Waals surface area contributed by atoms with Crippen LogP contribution in [-0.4, -0.2) is 79.3 Å². The van der Waals surface area contributed by atoms with E-state index in [-0.39, 0.29) is 22.9 Å². The second-order valence-corrected chi connectivity index (χ2v) is 13.2. The van der Waals surface area contributed by atoms with Crippen molar-refractivity contribution in [2.24, 2.45) is 0 Å². The van der Waals surface area contributed by atoms with Crippen molar-refractivity contribution in [2.75, 3.05) is 11.9 Å². The van der Waals surface area contributed by atoms with Gasteiger partial charge in [-0.1, -0.05) is 23.4 Å². The van der Waals surface area contributed by atoms with Gasteiger partial charge in [0.25, 0.3) is 0 Å². The van der Waals surface area contributed by atoms with Gasteiger partial charge in [-0.05, 0) is 74.3 Å². The van der Waals surface area contributed by atoms with Gasteiger partial charge in [0.2, 0.25) is 0 Å². The predicted octanol–water partition coefficient (Wildman–Crippen LogP) is 4.58. The second-order valence-electron chi connectivity index (χ2n) is 13.2. The molecule has 0 bridgehead atoms. The van der Waals surface area contributed by atoms with E-state index in [1.54, 1.807) is 81.6 Å². The van der Waals surface area contributed by atoms with Crippen LogP contribution in [0, 0.1) is 0 Å². The van der Waals surface area contributed by atoms with Gasteiger partial charge < -0.3 is 28.8 Å². The van der Waals surface area contributed by atoms with Crippen LogP contribution >= 0.6 is 0 Å². The Balaban J connectivity index is 1.99. The minimum absolute atomic E-state index is 0.0348. The zero-order valence-corrected chi connectivity index (χ0v) is 27.2. The molecule has 0 aromatic carbocycles. The summed E-state index contributed by atoms with van der Waals surface area (Å²) in [7, 11) is -0.413. The van der Waals surface area contributed by atoms with Crippen molar-refractivity contribution in [3.8, 4) is 11.5 Å². The van der Waals surface area contributed by atoms with Gasteiger partial charge in [0, 0.05) is 31.1 Å². The Morgan fingerprint density at radius 2 is 1.47 bits per heavy atom. The van der Waals surface area contributed by atoms with Crippen LogP contribution in [0.4, 0.5) is 20.2 Å². The molecule has 1 aliphatic carbocycles. The normalized spacial score (nSPS) is 14.5. The molecule has 2 aromatic rings. The van der Waals surface area contributed by atoms with Gasteiger partial charge in [-0.15, -0.1) is 0 Å². The lowest BCUT2D eigenvalue weighted by molar-refractivity contribution is 0.0367. The van der Waals surface area contributed by atoms with E-state index in [1.807, 2.05) is 12.2 Å². The molecule has 0 spiro atoms. The smallest absolute Gasteiger partial charge is 0.443 e. The lowest BCUT2D eigenvalue weighted by Gasteiger charge is -2.28. The molecule has 2 N–H and O–H groups in total. The number of amides is 3. The van der Waals surface area contributed by atoms with Crippen LogP contribution in [0.3, 0.4) is 0 Å². The van der Waals surface area contributed by atoms with Gasteiger partial charge in [0.15, 0.2) is 17.3 Å². The SMILES string of the molecule is CN(C=C1C=CC(c2cc(-c3nc(B(O)O)cnc3N(C(=O)OC(C)(C)C)C(=O)OC(C)(C)C)on2)=CC1)C(=O)OC(C)(C)C. The van der Waals surface area contributed by atoms with Gasteiger partial charge in [-0.3, -0.25) is 4.90 Å². The van der Waals surface area contributed by atoms with Crippen LogP contribution in [0.1, 0.15) is 74.4 Å². The predicted molar refractivity (Wildman–Crippen MR) is 166 cm³/mol. The molecular formula is C30H40BN5O9. The molecule has 0 atom stereocenters. The third kappa shape index (κ3) is 10.0. The number of imide groups is 1. The first-order chi connectivity index (χ1) is 20.6. The fourth-order valence-corrected chi connectivity index (χ4v) is 3.72. The van der Waals surface area contributed by atoms with E-state index >= 15 is 0 Å². The van der Waals surface area contributed by atoms with Crippen molar-refractivity contribution in [1.29, 1.82) is 0 Å². The summed E-state index contributed by atoms with van der Waals surface area (Å²) in [5, 5.41) is 23.7. The molecule has 3 rings (SSSR count). The van der Waals surface area contributed by atoms with Gasteiger partial charge in [-0.25, -0.2) is 24.4 Å². The van der Waals surface area contributed by atoms with Gasteiger partial charge >= 0.3 is 25.4 Å². The molecule has 242 valence electrons. The number of allylic oxidation sites excluding steroid dienone is 5. The number of aromatic nitrogens is 3. The van der Waals surface area contributed by atoms with Gasteiger partial charge in [-0.2, -0.15) is 4.90 Å². The van der Waals surface area contributed by atoms with E-state index < -0.39 is 42.2 Å². The largest absolute Gasteiger partial charge is 0.509 e. The Morgan fingerprint density at radius 3 is 1.96 bits per heavy atom. The summed E-state index contributed by atoms with van der Waals surface area (Å²) < 4.78 is 21.8. The fraction of sp³-hybridized carbons (Fsp3) is 0.467. The topological polar surface area (TPSA) is 178 Å². The highest BCUT2D eigenvalue weighted by atomic mass is 16.6. The first-order valence-corrected chi connectivity index (χ1v) is 14.1. The molecule has 0 saturated carbocycles. The van der Waals surface area contributed by atoms with E-state index in [4.69, 9.17) is 18.7 Å². The summed E-state index contributed by atoms with van der Waals surface area (Å²) in [6.45, 7) is 15.1. The molecule has 0 radical (unpaired) electrons. The van der Waals surface area contributed by atoms with Crippen LogP contribution in [0.5, 0.6) is 0 Å². The zero-order valence-electron chi connectivity index (χ0n) is 27.2.